The number of benzene rings is 1. The van der Waals surface area contributed by atoms with Gasteiger partial charge in [-0.3, -0.25) is 4.57 Å². The Hall–Kier alpha value is -0.890. The van der Waals surface area contributed by atoms with Crippen LogP contribution in [0.15, 0.2) is 30.1 Å². The van der Waals surface area contributed by atoms with Crippen LogP contribution in [-0.4, -0.2) is 13.2 Å². The number of aryl methyl sites for hydroxylation is 1. The van der Waals surface area contributed by atoms with Crippen LogP contribution in [0.1, 0.15) is 25.0 Å². The van der Waals surface area contributed by atoms with Crippen molar-refractivity contribution >= 4 is 13.7 Å². The fraction of sp³-hybridized carbons (Fsp3) is 0.385. The van der Waals surface area contributed by atoms with Crippen molar-refractivity contribution in [1.82, 2.24) is 0 Å². The summed E-state index contributed by atoms with van der Waals surface area (Å²) in [6.07, 6.45) is 1.78. The van der Waals surface area contributed by atoms with Gasteiger partial charge in [0.15, 0.2) is 0 Å². The zero-order valence-electron chi connectivity index (χ0n) is 10.6. The Bertz CT molecular complexity index is 416. The zero-order valence-corrected chi connectivity index (χ0v) is 11.4. The largest absolute Gasteiger partial charge is 0.354 e. The first-order valence-electron chi connectivity index (χ1n) is 5.74. The molecule has 0 saturated carbocycles. The minimum absolute atomic E-state index is 0.370. The quantitative estimate of drug-likeness (QED) is 0.712. The van der Waals surface area contributed by atoms with Crippen LogP contribution in [0.2, 0.25) is 0 Å². The summed E-state index contributed by atoms with van der Waals surface area (Å²) in [5.41, 5.74) is 2.15. The molecule has 0 heterocycles. The molecule has 0 aliphatic carbocycles. The normalized spacial score (nSPS) is 12.2. The average Bonchev–Trinajstić information content (AvgIpc) is 2.27. The summed E-state index contributed by atoms with van der Waals surface area (Å²) in [7, 11) is -3.08. The molecule has 0 fully saturated rings. The van der Waals surface area contributed by atoms with Gasteiger partial charge in [-0.1, -0.05) is 29.8 Å². The predicted molar refractivity (Wildman–Crippen MR) is 71.1 cm³/mol. The van der Waals surface area contributed by atoms with E-state index < -0.39 is 7.60 Å². The Morgan fingerprint density at radius 3 is 2.41 bits per heavy atom. The number of hydrogen-bond donors (Lipinski definition) is 0. The lowest BCUT2D eigenvalue weighted by molar-refractivity contribution is 0.229. The molecule has 4 heteroatoms. The van der Waals surface area contributed by atoms with E-state index in [1.54, 1.807) is 19.9 Å². The third-order valence-electron chi connectivity index (χ3n) is 2.11. The van der Waals surface area contributed by atoms with Crippen molar-refractivity contribution in [1.29, 1.82) is 0 Å². The van der Waals surface area contributed by atoms with Gasteiger partial charge in [-0.25, -0.2) is 0 Å². The van der Waals surface area contributed by atoms with Crippen LogP contribution < -0.4 is 0 Å². The van der Waals surface area contributed by atoms with Crippen molar-refractivity contribution < 1.29 is 13.6 Å². The van der Waals surface area contributed by atoms with E-state index in [2.05, 4.69) is 0 Å². The highest BCUT2D eigenvalue weighted by Gasteiger charge is 2.18. The van der Waals surface area contributed by atoms with E-state index in [9.17, 15) is 4.57 Å². The molecule has 3 nitrogen and oxygen atoms in total. The fourth-order valence-electron chi connectivity index (χ4n) is 1.43. The Kier molecular flexibility index (Phi) is 5.63. The third kappa shape index (κ3) is 4.86. The molecular weight excluding hydrogens is 235 g/mol. The first kappa shape index (κ1) is 14.2. The van der Waals surface area contributed by atoms with Crippen LogP contribution in [0.25, 0.3) is 6.08 Å². The van der Waals surface area contributed by atoms with Crippen LogP contribution in [-0.2, 0) is 13.6 Å². The molecule has 0 aliphatic rings. The van der Waals surface area contributed by atoms with E-state index in [0.717, 1.165) is 11.1 Å². The second kappa shape index (κ2) is 6.75. The summed E-state index contributed by atoms with van der Waals surface area (Å²) < 4.78 is 22.5. The Labute approximate surface area is 103 Å². The second-order valence-electron chi connectivity index (χ2n) is 3.61. The molecule has 0 saturated heterocycles. The molecule has 17 heavy (non-hydrogen) atoms. The highest BCUT2D eigenvalue weighted by atomic mass is 31.2. The van der Waals surface area contributed by atoms with Crippen molar-refractivity contribution in [2.75, 3.05) is 13.2 Å². The van der Waals surface area contributed by atoms with Crippen LogP contribution in [0.3, 0.4) is 0 Å². The molecule has 0 spiro atoms. The van der Waals surface area contributed by atoms with Gasteiger partial charge in [0.25, 0.3) is 0 Å². The fourth-order valence-corrected chi connectivity index (χ4v) is 2.76. The Morgan fingerprint density at radius 2 is 1.88 bits per heavy atom. The van der Waals surface area contributed by atoms with Gasteiger partial charge in [0, 0.05) is 5.82 Å². The second-order valence-corrected chi connectivity index (χ2v) is 5.50. The van der Waals surface area contributed by atoms with Crippen LogP contribution in [0.4, 0.5) is 0 Å². The molecule has 1 aromatic carbocycles. The molecule has 94 valence electrons. The maximum Gasteiger partial charge on any atom is 0.354 e. The maximum atomic E-state index is 12.1. The number of rotatable bonds is 6. The Morgan fingerprint density at radius 1 is 1.24 bits per heavy atom. The topological polar surface area (TPSA) is 35.5 Å². The van der Waals surface area contributed by atoms with Gasteiger partial charge in [0.2, 0.25) is 0 Å². The third-order valence-corrected chi connectivity index (χ3v) is 3.86. The van der Waals surface area contributed by atoms with Gasteiger partial charge in [-0.15, -0.1) is 0 Å². The summed E-state index contributed by atoms with van der Waals surface area (Å²) in [4.78, 5) is 0. The molecule has 1 aromatic rings. The lowest BCUT2D eigenvalue weighted by Crippen LogP contribution is -1.92. The van der Waals surface area contributed by atoms with Crippen LogP contribution in [0.5, 0.6) is 0 Å². The molecule has 1 rings (SSSR count). The van der Waals surface area contributed by atoms with E-state index in [4.69, 9.17) is 9.05 Å². The van der Waals surface area contributed by atoms with Crippen molar-refractivity contribution in [3.05, 3.63) is 41.2 Å². The lowest BCUT2D eigenvalue weighted by Gasteiger charge is -2.12. The van der Waals surface area contributed by atoms with E-state index in [1.165, 1.54) is 5.82 Å². The van der Waals surface area contributed by atoms with Gasteiger partial charge >= 0.3 is 7.60 Å². The van der Waals surface area contributed by atoms with Crippen LogP contribution >= 0.6 is 7.60 Å². The van der Waals surface area contributed by atoms with Gasteiger partial charge in [0.1, 0.15) is 0 Å². The molecule has 0 bridgehead atoms. The number of hydrogen-bond acceptors (Lipinski definition) is 3. The van der Waals surface area contributed by atoms with Crippen molar-refractivity contribution in [2.24, 2.45) is 0 Å². The molecule has 0 amide bonds. The molecule has 0 aliphatic heterocycles. The first-order chi connectivity index (χ1) is 8.09. The molecule has 0 unspecified atom stereocenters. The Balaban J connectivity index is 2.83. The smallest absolute Gasteiger partial charge is 0.306 e. The summed E-state index contributed by atoms with van der Waals surface area (Å²) in [6, 6.07) is 7.94. The van der Waals surface area contributed by atoms with Crippen molar-refractivity contribution in [3.8, 4) is 0 Å². The van der Waals surface area contributed by atoms with Gasteiger partial charge in [-0.2, -0.15) is 0 Å². The van der Waals surface area contributed by atoms with Crippen molar-refractivity contribution in [3.63, 3.8) is 0 Å². The molecule has 0 N–H and O–H groups in total. The lowest BCUT2D eigenvalue weighted by atomic mass is 10.1. The minimum Gasteiger partial charge on any atom is -0.306 e. The molecule has 0 radical (unpaired) electrons. The van der Waals surface area contributed by atoms with E-state index >= 15 is 0 Å². The monoisotopic (exact) mass is 254 g/mol. The summed E-state index contributed by atoms with van der Waals surface area (Å²) >= 11 is 0. The molecular formula is C13H19O3P. The SMILES string of the molecule is CCOP(=O)(/C=C/c1cccc(C)c1)OCC. The molecule has 0 atom stereocenters. The van der Waals surface area contributed by atoms with E-state index in [-0.39, 0.29) is 0 Å². The summed E-state index contributed by atoms with van der Waals surface area (Å²) in [5, 5.41) is 0. The van der Waals surface area contributed by atoms with E-state index in [0.29, 0.717) is 13.2 Å². The predicted octanol–water partition coefficient (Wildman–Crippen LogP) is 4.23. The van der Waals surface area contributed by atoms with Gasteiger partial charge in [-0.05, 0) is 32.4 Å². The van der Waals surface area contributed by atoms with Gasteiger partial charge < -0.3 is 9.05 Å². The van der Waals surface area contributed by atoms with Crippen molar-refractivity contribution in [2.45, 2.75) is 20.8 Å². The standard InChI is InChI=1S/C13H19O3P/c1-4-15-17(14,16-5-2)10-9-13-8-6-7-12(3)11-13/h6-11H,4-5H2,1-3H3/b10-9+. The first-order valence-corrected chi connectivity index (χ1v) is 7.35. The minimum atomic E-state index is -3.08. The zero-order chi connectivity index (χ0) is 12.7. The van der Waals surface area contributed by atoms with Crippen LogP contribution in [0, 0.1) is 6.92 Å². The highest BCUT2D eigenvalue weighted by molar-refractivity contribution is 7.57. The molecule has 0 aromatic heterocycles. The summed E-state index contributed by atoms with van der Waals surface area (Å²) in [5.74, 6) is 1.52. The maximum absolute atomic E-state index is 12.1. The highest BCUT2D eigenvalue weighted by Crippen LogP contribution is 2.50. The average molecular weight is 254 g/mol. The van der Waals surface area contributed by atoms with E-state index in [1.807, 2.05) is 31.2 Å². The summed E-state index contributed by atoms with van der Waals surface area (Å²) in [6.45, 7) is 6.35. The van der Waals surface area contributed by atoms with Gasteiger partial charge in [0.05, 0.1) is 13.2 Å².